The van der Waals surface area contributed by atoms with E-state index in [0.29, 0.717) is 5.56 Å². The van der Waals surface area contributed by atoms with Gasteiger partial charge in [-0.15, -0.1) is 0 Å². The largest absolute Gasteiger partial charge is 0.359 e. The van der Waals surface area contributed by atoms with E-state index in [1.807, 2.05) is 19.2 Å². The Hall–Kier alpha value is -2.41. The van der Waals surface area contributed by atoms with Crippen molar-refractivity contribution in [3.8, 4) is 11.8 Å². The average molecular weight is 328 g/mol. The summed E-state index contributed by atoms with van der Waals surface area (Å²) in [4.78, 5) is 14.5. The van der Waals surface area contributed by atoms with Crippen LogP contribution in [0.25, 0.3) is 0 Å². The van der Waals surface area contributed by atoms with E-state index < -0.39 is 6.67 Å². The van der Waals surface area contributed by atoms with Crippen LogP contribution in [0.2, 0.25) is 0 Å². The molecule has 4 heteroatoms. The predicted octanol–water partition coefficient (Wildman–Crippen LogP) is 4.18. The fraction of sp³-hybridized carbons (Fsp3) is 0.400. The topological polar surface area (TPSA) is 41.5 Å². The zero-order chi connectivity index (χ0) is 17.6. The number of hydrogen-bond donors (Lipinski definition) is 1. The molecule has 0 fully saturated rings. The summed E-state index contributed by atoms with van der Waals surface area (Å²) in [7, 11) is 0. The summed E-state index contributed by atoms with van der Waals surface area (Å²) in [6.45, 7) is 4.18. The molecule has 0 heterocycles. The van der Waals surface area contributed by atoms with Gasteiger partial charge in [0.15, 0.2) is 0 Å². The number of nitrogens with zero attached hydrogens (tertiary/aromatic N) is 1. The Labute approximate surface area is 144 Å². The molecule has 0 aliphatic rings. The van der Waals surface area contributed by atoms with Crippen LogP contribution in [0, 0.1) is 11.8 Å². The second-order valence-corrected chi connectivity index (χ2v) is 5.66. The third-order valence-corrected chi connectivity index (χ3v) is 3.42. The number of aliphatic imine (C=N–C) groups is 1. The third-order valence-electron chi connectivity index (χ3n) is 3.42. The number of benzene rings is 1. The lowest BCUT2D eigenvalue weighted by Gasteiger charge is -2.01. The molecule has 0 atom stereocenters. The highest BCUT2D eigenvalue weighted by Crippen LogP contribution is 2.08. The van der Waals surface area contributed by atoms with Gasteiger partial charge < -0.3 is 5.32 Å². The highest BCUT2D eigenvalue weighted by molar-refractivity contribution is 5.99. The highest BCUT2D eigenvalue weighted by Gasteiger charge is 1.93. The van der Waals surface area contributed by atoms with Crippen molar-refractivity contribution in [2.24, 2.45) is 4.99 Å². The van der Waals surface area contributed by atoms with E-state index in [0.717, 1.165) is 49.9 Å². The van der Waals surface area contributed by atoms with Gasteiger partial charge in [-0.3, -0.25) is 9.79 Å². The van der Waals surface area contributed by atoms with Gasteiger partial charge in [0.1, 0.15) is 6.67 Å². The first-order chi connectivity index (χ1) is 11.7. The number of halogens is 1. The smallest absolute Gasteiger partial charge is 0.207 e. The lowest BCUT2D eigenvalue weighted by Crippen LogP contribution is -2.11. The Kier molecular flexibility index (Phi) is 9.87. The number of amides is 1. The summed E-state index contributed by atoms with van der Waals surface area (Å²) < 4.78 is 12.6. The number of rotatable bonds is 9. The Morgan fingerprint density at radius 3 is 2.88 bits per heavy atom. The Morgan fingerprint density at radius 1 is 1.29 bits per heavy atom. The van der Waals surface area contributed by atoms with E-state index in [1.54, 1.807) is 18.2 Å². The summed E-state index contributed by atoms with van der Waals surface area (Å²) in [6, 6.07) is 7.16. The van der Waals surface area contributed by atoms with Crippen LogP contribution in [0.15, 0.2) is 41.0 Å². The molecule has 1 amide bonds. The van der Waals surface area contributed by atoms with Crippen molar-refractivity contribution in [3.05, 3.63) is 47.2 Å². The van der Waals surface area contributed by atoms with Crippen LogP contribution >= 0.6 is 0 Å². The zero-order valence-corrected chi connectivity index (χ0v) is 14.4. The predicted molar refractivity (Wildman–Crippen MR) is 97.5 cm³/mol. The molecule has 0 spiro atoms. The van der Waals surface area contributed by atoms with Crippen LogP contribution in [-0.4, -0.2) is 18.7 Å². The molecule has 128 valence electrons. The number of alkyl halides is 1. The number of unbranched alkanes of at least 4 members (excludes halogenated alkanes) is 2. The Bertz CT molecular complexity index is 639. The maximum Gasteiger partial charge on any atom is 0.207 e. The quantitative estimate of drug-likeness (QED) is 0.314. The van der Waals surface area contributed by atoms with Crippen LogP contribution in [0.4, 0.5) is 4.39 Å². The summed E-state index contributed by atoms with van der Waals surface area (Å²) in [5, 5.41) is 2.66. The van der Waals surface area contributed by atoms with Crippen LogP contribution in [-0.2, 0) is 11.5 Å². The van der Waals surface area contributed by atoms with Crippen molar-refractivity contribution in [1.82, 2.24) is 5.32 Å². The minimum Gasteiger partial charge on any atom is -0.359 e. The van der Waals surface area contributed by atoms with Crippen LogP contribution in [0.1, 0.15) is 50.7 Å². The number of hydrogen-bond acceptors (Lipinski definition) is 2. The standard InChI is InChI=1S/C20H25FN2O/c1-17(7-4-3-5-12-22-16-24)15-23-18(2)10-11-19-8-6-9-20(13-19)14-21/h6,8-9,13,15-16H,3-5,7,12,14H2,1-2H3,(H,22,24)/b17-15+,23-18?. The SMILES string of the molecule is CC(C#Cc1cccc(CF)c1)=N/C=C(\C)CCCCCNC=O. The lowest BCUT2D eigenvalue weighted by atomic mass is 10.1. The second kappa shape index (κ2) is 12.1. The molecule has 1 aromatic rings. The molecule has 1 rings (SSSR count). The maximum absolute atomic E-state index is 12.6. The fourth-order valence-electron chi connectivity index (χ4n) is 2.07. The molecule has 0 bridgehead atoms. The number of carbonyl (C=O) groups excluding carboxylic acids is 1. The van der Waals surface area contributed by atoms with Crippen LogP contribution in [0.5, 0.6) is 0 Å². The monoisotopic (exact) mass is 328 g/mol. The van der Waals surface area contributed by atoms with Crippen LogP contribution < -0.4 is 5.32 Å². The Morgan fingerprint density at radius 2 is 2.12 bits per heavy atom. The van der Waals surface area contributed by atoms with Gasteiger partial charge in [0.25, 0.3) is 0 Å². The highest BCUT2D eigenvalue weighted by atomic mass is 19.1. The third kappa shape index (κ3) is 8.89. The molecule has 0 aliphatic heterocycles. The number of nitrogens with one attached hydrogen (secondary N) is 1. The molecular weight excluding hydrogens is 303 g/mol. The number of carbonyl (C=O) groups is 1. The molecule has 1 N–H and O–H groups in total. The molecule has 0 unspecified atom stereocenters. The zero-order valence-electron chi connectivity index (χ0n) is 14.4. The van der Waals surface area contributed by atoms with Gasteiger partial charge in [-0.2, -0.15) is 0 Å². The molecular formula is C20H25FN2O. The van der Waals surface area contributed by atoms with Crippen molar-refractivity contribution < 1.29 is 9.18 Å². The average Bonchev–Trinajstić information content (AvgIpc) is 2.61. The minimum absolute atomic E-state index is 0.476. The molecule has 0 saturated carbocycles. The normalized spacial score (nSPS) is 11.6. The first-order valence-electron chi connectivity index (χ1n) is 8.19. The van der Waals surface area contributed by atoms with Gasteiger partial charge in [-0.05, 0) is 56.7 Å². The van der Waals surface area contributed by atoms with Crippen molar-refractivity contribution in [3.63, 3.8) is 0 Å². The van der Waals surface area contributed by atoms with Crippen molar-refractivity contribution in [2.75, 3.05) is 6.54 Å². The van der Waals surface area contributed by atoms with Crippen LogP contribution in [0.3, 0.4) is 0 Å². The summed E-state index contributed by atoms with van der Waals surface area (Å²) in [5.41, 5.74) is 3.37. The molecule has 0 saturated heterocycles. The Balaban J connectivity index is 2.44. The van der Waals surface area contributed by atoms with E-state index in [1.165, 1.54) is 5.57 Å². The molecule has 0 aliphatic carbocycles. The fourth-order valence-corrected chi connectivity index (χ4v) is 2.07. The molecule has 24 heavy (non-hydrogen) atoms. The van der Waals surface area contributed by atoms with Crippen molar-refractivity contribution in [1.29, 1.82) is 0 Å². The van der Waals surface area contributed by atoms with E-state index in [9.17, 15) is 9.18 Å². The van der Waals surface area contributed by atoms with Gasteiger partial charge in [-0.25, -0.2) is 4.39 Å². The minimum atomic E-state index is -0.476. The summed E-state index contributed by atoms with van der Waals surface area (Å²) in [6.07, 6.45) is 6.74. The molecule has 0 radical (unpaired) electrons. The first-order valence-corrected chi connectivity index (χ1v) is 8.19. The van der Waals surface area contributed by atoms with Crippen molar-refractivity contribution >= 4 is 12.1 Å². The van der Waals surface area contributed by atoms with Gasteiger partial charge in [0.2, 0.25) is 6.41 Å². The summed E-state index contributed by atoms with van der Waals surface area (Å²) in [5.74, 6) is 5.99. The molecule has 1 aromatic carbocycles. The number of allylic oxidation sites excluding steroid dienone is 1. The lowest BCUT2D eigenvalue weighted by molar-refractivity contribution is -0.109. The van der Waals surface area contributed by atoms with Crippen molar-refractivity contribution in [2.45, 2.75) is 46.2 Å². The van der Waals surface area contributed by atoms with E-state index in [-0.39, 0.29) is 0 Å². The van der Waals surface area contributed by atoms with E-state index >= 15 is 0 Å². The van der Waals surface area contributed by atoms with Gasteiger partial charge in [-0.1, -0.05) is 30.0 Å². The first kappa shape index (κ1) is 19.6. The maximum atomic E-state index is 12.6. The second-order valence-electron chi connectivity index (χ2n) is 5.66. The molecule has 0 aromatic heterocycles. The molecule has 3 nitrogen and oxygen atoms in total. The van der Waals surface area contributed by atoms with Gasteiger partial charge in [0.05, 0.1) is 5.71 Å². The summed E-state index contributed by atoms with van der Waals surface area (Å²) >= 11 is 0. The van der Waals surface area contributed by atoms with E-state index in [4.69, 9.17) is 0 Å². The van der Waals surface area contributed by atoms with Gasteiger partial charge >= 0.3 is 0 Å². The van der Waals surface area contributed by atoms with E-state index in [2.05, 4.69) is 29.1 Å². The van der Waals surface area contributed by atoms with Gasteiger partial charge in [0, 0.05) is 18.3 Å².